The van der Waals surface area contributed by atoms with Gasteiger partial charge in [0, 0.05) is 0 Å². The Hall–Kier alpha value is -1.87. The molecule has 0 saturated heterocycles. The second-order valence-corrected chi connectivity index (χ2v) is 4.07. The first-order valence-electron chi connectivity index (χ1n) is 5.95. The van der Waals surface area contributed by atoms with Gasteiger partial charge < -0.3 is 10.5 Å². The van der Waals surface area contributed by atoms with E-state index in [1.54, 1.807) is 12.1 Å². The monoisotopic (exact) mass is 245 g/mol. The van der Waals surface area contributed by atoms with Crippen molar-refractivity contribution in [2.45, 2.75) is 13.0 Å². The van der Waals surface area contributed by atoms with Crippen molar-refractivity contribution in [3.8, 4) is 5.75 Å². The number of nitrogens with two attached hydrogens (primary N) is 1. The smallest absolute Gasteiger partial charge is 0.126 e. The lowest BCUT2D eigenvalue weighted by Crippen LogP contribution is -2.05. The van der Waals surface area contributed by atoms with Gasteiger partial charge in [-0.25, -0.2) is 4.39 Å². The van der Waals surface area contributed by atoms with Gasteiger partial charge in [-0.05, 0) is 42.3 Å². The summed E-state index contributed by atoms with van der Waals surface area (Å²) in [5.41, 5.74) is 7.12. The highest BCUT2D eigenvalue weighted by atomic mass is 19.1. The molecule has 0 bridgehead atoms. The molecule has 2 nitrogen and oxygen atoms in total. The minimum absolute atomic E-state index is 0.229. The van der Waals surface area contributed by atoms with Crippen molar-refractivity contribution in [1.29, 1.82) is 0 Å². The molecule has 2 rings (SSSR count). The van der Waals surface area contributed by atoms with Crippen molar-refractivity contribution >= 4 is 0 Å². The van der Waals surface area contributed by atoms with Crippen molar-refractivity contribution in [1.82, 2.24) is 0 Å². The maximum absolute atomic E-state index is 13.4. The Labute approximate surface area is 106 Å². The van der Waals surface area contributed by atoms with E-state index in [4.69, 9.17) is 10.5 Å². The first-order valence-corrected chi connectivity index (χ1v) is 5.95. The van der Waals surface area contributed by atoms with E-state index >= 15 is 0 Å². The van der Waals surface area contributed by atoms with E-state index in [1.807, 2.05) is 30.3 Å². The summed E-state index contributed by atoms with van der Waals surface area (Å²) in [5.74, 6) is 0.441. The predicted molar refractivity (Wildman–Crippen MR) is 69.9 cm³/mol. The maximum Gasteiger partial charge on any atom is 0.126 e. The van der Waals surface area contributed by atoms with Crippen LogP contribution in [0.3, 0.4) is 0 Å². The Morgan fingerprint density at radius 2 is 1.83 bits per heavy atom. The van der Waals surface area contributed by atoms with E-state index in [0.29, 0.717) is 30.9 Å². The lowest BCUT2D eigenvalue weighted by molar-refractivity contribution is 0.305. The van der Waals surface area contributed by atoms with Crippen molar-refractivity contribution in [3.05, 3.63) is 65.5 Å². The minimum Gasteiger partial charge on any atom is -0.489 e. The van der Waals surface area contributed by atoms with Crippen LogP contribution < -0.4 is 10.5 Å². The summed E-state index contributed by atoms with van der Waals surface area (Å²) in [4.78, 5) is 0. The molecule has 0 atom stereocenters. The standard InChI is InChI=1S/C15H16FNO/c16-15-7-6-14(10-13(15)8-9-17)18-11-12-4-2-1-3-5-12/h1-7,10H,8-9,11,17H2. The molecular formula is C15H16FNO. The van der Waals surface area contributed by atoms with Crippen molar-refractivity contribution in [2.24, 2.45) is 5.73 Å². The Bertz CT molecular complexity index is 499. The van der Waals surface area contributed by atoms with Crippen LogP contribution in [-0.4, -0.2) is 6.54 Å². The Morgan fingerprint density at radius 1 is 1.06 bits per heavy atom. The van der Waals surface area contributed by atoms with Gasteiger partial charge in [0.2, 0.25) is 0 Å². The van der Waals surface area contributed by atoms with Crippen LogP contribution in [0.5, 0.6) is 5.75 Å². The quantitative estimate of drug-likeness (QED) is 0.879. The first kappa shape index (κ1) is 12.6. The number of hydrogen-bond acceptors (Lipinski definition) is 2. The molecule has 2 aromatic carbocycles. The highest BCUT2D eigenvalue weighted by Crippen LogP contribution is 2.18. The second kappa shape index (κ2) is 6.17. The van der Waals surface area contributed by atoms with Crippen molar-refractivity contribution in [3.63, 3.8) is 0 Å². The number of ether oxygens (including phenoxy) is 1. The second-order valence-electron chi connectivity index (χ2n) is 4.07. The van der Waals surface area contributed by atoms with Crippen LogP contribution in [-0.2, 0) is 13.0 Å². The molecule has 0 saturated carbocycles. The predicted octanol–water partition coefficient (Wildman–Crippen LogP) is 2.91. The summed E-state index contributed by atoms with van der Waals surface area (Å²) in [6, 6.07) is 14.6. The highest BCUT2D eigenvalue weighted by Gasteiger charge is 2.03. The Morgan fingerprint density at radius 3 is 2.56 bits per heavy atom. The van der Waals surface area contributed by atoms with E-state index < -0.39 is 0 Å². The van der Waals surface area contributed by atoms with Gasteiger partial charge in [0.1, 0.15) is 18.2 Å². The molecule has 0 aromatic heterocycles. The van der Waals surface area contributed by atoms with E-state index in [0.717, 1.165) is 5.56 Å². The molecule has 0 amide bonds. The topological polar surface area (TPSA) is 35.2 Å². The molecule has 0 aliphatic rings. The van der Waals surface area contributed by atoms with Crippen LogP contribution in [0, 0.1) is 5.82 Å². The van der Waals surface area contributed by atoms with Gasteiger partial charge in [0.25, 0.3) is 0 Å². The Balaban J connectivity index is 2.03. The van der Waals surface area contributed by atoms with Crippen LogP contribution in [0.4, 0.5) is 4.39 Å². The fourth-order valence-electron chi connectivity index (χ4n) is 1.73. The van der Waals surface area contributed by atoms with Crippen LogP contribution in [0.25, 0.3) is 0 Å². The molecule has 0 heterocycles. The molecule has 0 aliphatic heterocycles. The van der Waals surface area contributed by atoms with Gasteiger partial charge in [0.05, 0.1) is 0 Å². The van der Waals surface area contributed by atoms with E-state index in [2.05, 4.69) is 0 Å². The Kier molecular flexibility index (Phi) is 4.31. The third kappa shape index (κ3) is 3.31. The molecule has 0 unspecified atom stereocenters. The lowest BCUT2D eigenvalue weighted by Gasteiger charge is -2.08. The average Bonchev–Trinajstić information content (AvgIpc) is 2.41. The van der Waals surface area contributed by atoms with E-state index in [1.165, 1.54) is 6.07 Å². The first-order chi connectivity index (χ1) is 8.79. The number of hydrogen-bond donors (Lipinski definition) is 1. The van der Waals surface area contributed by atoms with Crippen LogP contribution >= 0.6 is 0 Å². The number of rotatable bonds is 5. The third-order valence-corrected chi connectivity index (χ3v) is 2.68. The lowest BCUT2D eigenvalue weighted by atomic mass is 10.1. The zero-order valence-corrected chi connectivity index (χ0v) is 10.1. The zero-order valence-electron chi connectivity index (χ0n) is 10.1. The largest absolute Gasteiger partial charge is 0.489 e. The molecule has 2 aromatic rings. The minimum atomic E-state index is -0.229. The van der Waals surface area contributed by atoms with Gasteiger partial charge in [-0.15, -0.1) is 0 Å². The fraction of sp³-hybridized carbons (Fsp3) is 0.200. The maximum atomic E-state index is 13.4. The van der Waals surface area contributed by atoms with Crippen molar-refractivity contribution in [2.75, 3.05) is 6.54 Å². The molecule has 0 aliphatic carbocycles. The SMILES string of the molecule is NCCc1cc(OCc2ccccc2)ccc1F. The third-order valence-electron chi connectivity index (χ3n) is 2.68. The summed E-state index contributed by atoms with van der Waals surface area (Å²) >= 11 is 0. The molecule has 3 heteroatoms. The summed E-state index contributed by atoms with van der Waals surface area (Å²) in [5, 5.41) is 0. The van der Waals surface area contributed by atoms with Gasteiger partial charge in [-0.2, -0.15) is 0 Å². The molecule has 0 radical (unpaired) electrons. The summed E-state index contributed by atoms with van der Waals surface area (Å²) < 4.78 is 19.0. The molecule has 2 N–H and O–H groups in total. The normalized spacial score (nSPS) is 10.3. The van der Waals surface area contributed by atoms with Crippen LogP contribution in [0.2, 0.25) is 0 Å². The molecule has 0 spiro atoms. The summed E-state index contributed by atoms with van der Waals surface area (Å²) in [7, 11) is 0. The summed E-state index contributed by atoms with van der Waals surface area (Å²) in [6.07, 6.45) is 0.522. The summed E-state index contributed by atoms with van der Waals surface area (Å²) in [6.45, 7) is 0.910. The highest BCUT2D eigenvalue weighted by molar-refractivity contribution is 5.30. The van der Waals surface area contributed by atoms with E-state index in [9.17, 15) is 4.39 Å². The van der Waals surface area contributed by atoms with E-state index in [-0.39, 0.29) is 5.82 Å². The number of halogens is 1. The molecular weight excluding hydrogens is 229 g/mol. The van der Waals surface area contributed by atoms with Gasteiger partial charge >= 0.3 is 0 Å². The van der Waals surface area contributed by atoms with Crippen LogP contribution in [0.15, 0.2) is 48.5 Å². The fourth-order valence-corrected chi connectivity index (χ4v) is 1.73. The number of benzene rings is 2. The van der Waals surface area contributed by atoms with Crippen molar-refractivity contribution < 1.29 is 9.13 Å². The average molecular weight is 245 g/mol. The van der Waals surface area contributed by atoms with Gasteiger partial charge in [-0.3, -0.25) is 0 Å². The van der Waals surface area contributed by atoms with Gasteiger partial charge in [0.15, 0.2) is 0 Å². The van der Waals surface area contributed by atoms with Gasteiger partial charge in [-0.1, -0.05) is 30.3 Å². The zero-order chi connectivity index (χ0) is 12.8. The van der Waals surface area contributed by atoms with Crippen LogP contribution in [0.1, 0.15) is 11.1 Å². The molecule has 0 fully saturated rings. The molecule has 18 heavy (non-hydrogen) atoms. The molecule has 94 valence electrons.